The summed E-state index contributed by atoms with van der Waals surface area (Å²) in [4.78, 5) is 19.2. The van der Waals surface area contributed by atoms with Crippen LogP contribution in [0.15, 0.2) is 29.3 Å². The first-order valence-electron chi connectivity index (χ1n) is 8.98. The Morgan fingerprint density at radius 2 is 2.20 bits per heavy atom. The summed E-state index contributed by atoms with van der Waals surface area (Å²) in [6.07, 6.45) is 0.859. The van der Waals surface area contributed by atoms with Gasteiger partial charge in [0.15, 0.2) is 0 Å². The van der Waals surface area contributed by atoms with Crippen LogP contribution in [0.1, 0.15) is 25.8 Å². The van der Waals surface area contributed by atoms with Crippen molar-refractivity contribution in [1.82, 2.24) is 10.2 Å². The molecule has 1 aromatic rings. The number of methoxy groups -OCH3 is 1. The lowest BCUT2D eigenvalue weighted by Gasteiger charge is -2.31. The van der Waals surface area contributed by atoms with Crippen molar-refractivity contribution in [2.45, 2.75) is 32.4 Å². The summed E-state index contributed by atoms with van der Waals surface area (Å²) in [6, 6.07) is 8.27. The van der Waals surface area contributed by atoms with E-state index in [-0.39, 0.29) is 17.4 Å². The number of amidine groups is 1. The van der Waals surface area contributed by atoms with Gasteiger partial charge in [0.2, 0.25) is 5.91 Å². The Kier molecular flexibility index (Phi) is 5.39. The van der Waals surface area contributed by atoms with Crippen molar-refractivity contribution in [3.05, 3.63) is 29.8 Å². The third-order valence-electron chi connectivity index (χ3n) is 4.98. The lowest BCUT2D eigenvalue weighted by Crippen LogP contribution is -2.55. The molecule has 6 heteroatoms. The van der Waals surface area contributed by atoms with Crippen molar-refractivity contribution < 1.29 is 9.53 Å². The van der Waals surface area contributed by atoms with E-state index in [1.807, 2.05) is 30.9 Å². The predicted octanol–water partition coefficient (Wildman–Crippen LogP) is 1.87. The molecule has 1 fully saturated rings. The van der Waals surface area contributed by atoms with Gasteiger partial charge in [0.05, 0.1) is 18.7 Å². The fraction of sp³-hybridized carbons (Fsp3) is 0.579. The van der Waals surface area contributed by atoms with Crippen molar-refractivity contribution in [3.8, 4) is 0 Å². The molecule has 2 aliphatic rings. The van der Waals surface area contributed by atoms with Crippen molar-refractivity contribution >= 4 is 17.4 Å². The molecule has 1 aromatic carbocycles. The highest BCUT2D eigenvalue weighted by Gasteiger charge is 2.45. The van der Waals surface area contributed by atoms with Crippen LogP contribution in [0.2, 0.25) is 0 Å². The largest absolute Gasteiger partial charge is 0.383 e. The molecule has 0 saturated carbocycles. The van der Waals surface area contributed by atoms with E-state index in [4.69, 9.17) is 9.73 Å². The van der Waals surface area contributed by atoms with Gasteiger partial charge in [0.25, 0.3) is 0 Å². The molecule has 25 heavy (non-hydrogen) atoms. The van der Waals surface area contributed by atoms with E-state index < -0.39 is 0 Å². The van der Waals surface area contributed by atoms with Crippen LogP contribution in [-0.4, -0.2) is 55.5 Å². The first-order valence-corrected chi connectivity index (χ1v) is 8.98. The highest BCUT2D eigenvalue weighted by Crippen LogP contribution is 2.30. The Morgan fingerprint density at radius 1 is 1.40 bits per heavy atom. The number of benzene rings is 1. The Bertz CT molecular complexity index is 659. The number of anilines is 1. The van der Waals surface area contributed by atoms with E-state index in [0.717, 1.165) is 31.0 Å². The van der Waals surface area contributed by atoms with Gasteiger partial charge in [-0.3, -0.25) is 15.1 Å². The molecular formula is C19H28N4O2. The Hall–Kier alpha value is -1.92. The van der Waals surface area contributed by atoms with Gasteiger partial charge < -0.3 is 15.0 Å². The van der Waals surface area contributed by atoms with Crippen LogP contribution >= 0.6 is 0 Å². The Labute approximate surface area is 149 Å². The van der Waals surface area contributed by atoms with Crippen molar-refractivity contribution in [2.24, 2.45) is 10.9 Å². The molecule has 2 aliphatic heterocycles. The lowest BCUT2D eigenvalue weighted by atomic mass is 9.96. The van der Waals surface area contributed by atoms with Crippen LogP contribution in [0.3, 0.4) is 0 Å². The summed E-state index contributed by atoms with van der Waals surface area (Å²) in [5.74, 6) is 1.13. The molecule has 0 radical (unpaired) electrons. The maximum absolute atomic E-state index is 12.5. The minimum atomic E-state index is -0.322. The number of nitrogens with zero attached hydrogens (tertiary/aromatic N) is 2. The lowest BCUT2D eigenvalue weighted by molar-refractivity contribution is -0.133. The number of rotatable bonds is 4. The van der Waals surface area contributed by atoms with E-state index in [1.54, 1.807) is 7.11 Å². The second kappa shape index (κ2) is 7.54. The summed E-state index contributed by atoms with van der Waals surface area (Å²) in [5.41, 5.74) is 1.97. The minimum absolute atomic E-state index is 0.0139. The second-order valence-corrected chi connectivity index (χ2v) is 7.11. The van der Waals surface area contributed by atoms with Gasteiger partial charge >= 0.3 is 0 Å². The molecular weight excluding hydrogens is 316 g/mol. The molecule has 0 unspecified atom stereocenters. The third-order valence-corrected chi connectivity index (χ3v) is 4.98. The molecule has 0 aliphatic carbocycles. The van der Waals surface area contributed by atoms with Gasteiger partial charge in [-0.1, -0.05) is 32.0 Å². The van der Waals surface area contributed by atoms with Gasteiger partial charge in [-0.25, -0.2) is 0 Å². The third kappa shape index (κ3) is 3.70. The van der Waals surface area contributed by atoms with Gasteiger partial charge in [-0.2, -0.15) is 0 Å². The normalized spacial score (nSPS) is 24.5. The summed E-state index contributed by atoms with van der Waals surface area (Å²) in [6.45, 7) is 7.25. The number of aliphatic imine (C=N–C) groups is 1. The summed E-state index contributed by atoms with van der Waals surface area (Å²) >= 11 is 0. The SMILES string of the molecule is COCCN=C1Nc2ccccc2CN[C@]12CCN(C(=O)C(C)C)C2. The first kappa shape index (κ1) is 17.9. The van der Waals surface area contributed by atoms with Crippen molar-refractivity contribution in [3.63, 3.8) is 0 Å². The van der Waals surface area contributed by atoms with Gasteiger partial charge in [-0.05, 0) is 18.1 Å². The summed E-state index contributed by atoms with van der Waals surface area (Å²) in [5, 5.41) is 7.22. The fourth-order valence-electron chi connectivity index (χ4n) is 3.53. The topological polar surface area (TPSA) is 66.0 Å². The van der Waals surface area contributed by atoms with Crippen LogP contribution < -0.4 is 10.6 Å². The molecule has 0 aromatic heterocycles. The predicted molar refractivity (Wildman–Crippen MR) is 99.8 cm³/mol. The minimum Gasteiger partial charge on any atom is -0.383 e. The molecule has 0 bridgehead atoms. The summed E-state index contributed by atoms with van der Waals surface area (Å²) in [7, 11) is 1.68. The highest BCUT2D eigenvalue weighted by atomic mass is 16.5. The molecule has 1 atom stereocenters. The quantitative estimate of drug-likeness (QED) is 0.819. The summed E-state index contributed by atoms with van der Waals surface area (Å²) < 4.78 is 5.16. The number of carbonyl (C=O) groups excluding carboxylic acids is 1. The molecule has 6 nitrogen and oxygen atoms in total. The zero-order valence-electron chi connectivity index (χ0n) is 15.3. The number of carbonyl (C=O) groups is 1. The number of likely N-dealkylation sites (tertiary alicyclic amines) is 1. The number of ether oxygens (including phenoxy) is 1. The average Bonchev–Trinajstić information content (AvgIpc) is 2.98. The van der Waals surface area contributed by atoms with Crippen LogP contribution in [0.4, 0.5) is 5.69 Å². The molecule has 2 heterocycles. The highest BCUT2D eigenvalue weighted by molar-refractivity contribution is 6.04. The maximum Gasteiger partial charge on any atom is 0.225 e. The van der Waals surface area contributed by atoms with E-state index in [2.05, 4.69) is 22.8 Å². The molecule has 1 spiro atoms. The standard InChI is InChI=1S/C19H28N4O2/c1-14(2)17(24)23-10-8-19(13-23)18(20-9-11-25-3)22-16-7-5-4-6-15(16)12-21-19/h4-7,14,21H,8-13H2,1-3H3,(H,20,22)/t19-/m0/s1. The Morgan fingerprint density at radius 3 is 2.96 bits per heavy atom. The number of hydrogen-bond acceptors (Lipinski definition) is 4. The van der Waals surface area contributed by atoms with Crippen LogP contribution in [-0.2, 0) is 16.1 Å². The maximum atomic E-state index is 12.5. The molecule has 1 amide bonds. The van der Waals surface area contributed by atoms with E-state index in [0.29, 0.717) is 19.7 Å². The van der Waals surface area contributed by atoms with E-state index >= 15 is 0 Å². The van der Waals surface area contributed by atoms with E-state index in [1.165, 1.54) is 5.56 Å². The molecule has 3 rings (SSSR count). The molecule has 136 valence electrons. The van der Waals surface area contributed by atoms with Crippen LogP contribution in [0.25, 0.3) is 0 Å². The first-order chi connectivity index (χ1) is 12.1. The zero-order chi connectivity index (χ0) is 17.9. The average molecular weight is 344 g/mol. The number of amides is 1. The zero-order valence-corrected chi connectivity index (χ0v) is 15.3. The monoisotopic (exact) mass is 344 g/mol. The van der Waals surface area contributed by atoms with E-state index in [9.17, 15) is 4.79 Å². The van der Waals surface area contributed by atoms with Crippen LogP contribution in [0, 0.1) is 5.92 Å². The van der Waals surface area contributed by atoms with Gasteiger partial charge in [0.1, 0.15) is 5.84 Å². The molecule has 1 saturated heterocycles. The second-order valence-electron chi connectivity index (χ2n) is 7.11. The fourth-order valence-corrected chi connectivity index (χ4v) is 3.53. The van der Waals surface area contributed by atoms with Gasteiger partial charge in [0, 0.05) is 38.3 Å². The smallest absolute Gasteiger partial charge is 0.225 e. The van der Waals surface area contributed by atoms with Crippen molar-refractivity contribution in [1.29, 1.82) is 0 Å². The number of nitrogens with one attached hydrogen (secondary N) is 2. The van der Waals surface area contributed by atoms with Crippen LogP contribution in [0.5, 0.6) is 0 Å². The number of fused-ring (bicyclic) bond motifs is 1. The Balaban J connectivity index is 1.88. The number of hydrogen-bond donors (Lipinski definition) is 2. The van der Waals surface area contributed by atoms with Crippen molar-refractivity contribution in [2.75, 3.05) is 38.7 Å². The molecule has 2 N–H and O–H groups in total. The van der Waals surface area contributed by atoms with Gasteiger partial charge in [-0.15, -0.1) is 0 Å². The number of para-hydroxylation sites is 1.